The minimum absolute atomic E-state index is 0.00608. The molecule has 35 heavy (non-hydrogen) atoms. The number of aliphatic hydroxyl groups excluding tert-OH is 1. The lowest BCUT2D eigenvalue weighted by Gasteiger charge is -2.19. The minimum Gasteiger partial charge on any atom is -0.455 e. The molecule has 7 heteroatoms. The molecular weight excluding hydrogens is 442 g/mol. The summed E-state index contributed by atoms with van der Waals surface area (Å²) in [5.41, 5.74) is 5.01. The SMILES string of the molecule is Cc1cc(C(C)Nc2ccccc2C=O)c2oc(-c3ccc4nn(CCO)cc4c3)cc(=O)c2c1. The van der Waals surface area contributed by atoms with Crippen molar-refractivity contribution in [3.8, 4) is 11.3 Å². The van der Waals surface area contributed by atoms with Gasteiger partial charge in [0.05, 0.1) is 30.1 Å². The topological polar surface area (TPSA) is 97.4 Å². The molecule has 2 N–H and O–H groups in total. The number of nitrogens with one attached hydrogen (secondary N) is 1. The van der Waals surface area contributed by atoms with Crippen LogP contribution in [0.2, 0.25) is 0 Å². The van der Waals surface area contributed by atoms with Crippen molar-refractivity contribution in [1.29, 1.82) is 0 Å². The smallest absolute Gasteiger partial charge is 0.193 e. The predicted molar refractivity (Wildman–Crippen MR) is 137 cm³/mol. The zero-order valence-corrected chi connectivity index (χ0v) is 19.5. The number of aliphatic hydroxyl groups is 1. The molecule has 176 valence electrons. The highest BCUT2D eigenvalue weighted by molar-refractivity contribution is 5.87. The molecule has 0 bridgehead atoms. The van der Waals surface area contributed by atoms with Crippen LogP contribution in [-0.4, -0.2) is 27.8 Å². The molecule has 0 saturated heterocycles. The van der Waals surface area contributed by atoms with Gasteiger partial charge in [-0.15, -0.1) is 0 Å². The Morgan fingerprint density at radius 2 is 1.97 bits per heavy atom. The normalized spacial score (nSPS) is 12.2. The Balaban J connectivity index is 1.61. The fourth-order valence-electron chi connectivity index (χ4n) is 4.39. The Bertz CT molecular complexity index is 1620. The summed E-state index contributed by atoms with van der Waals surface area (Å²) in [5, 5.41) is 18.4. The van der Waals surface area contributed by atoms with Crippen molar-refractivity contribution < 1.29 is 14.3 Å². The lowest BCUT2D eigenvalue weighted by atomic mass is 10.00. The quantitative estimate of drug-likeness (QED) is 0.323. The molecule has 0 radical (unpaired) electrons. The van der Waals surface area contributed by atoms with Crippen LogP contribution in [0.1, 0.15) is 34.5 Å². The Kier molecular flexibility index (Phi) is 5.93. The highest BCUT2D eigenvalue weighted by Crippen LogP contribution is 2.32. The van der Waals surface area contributed by atoms with E-state index in [-0.39, 0.29) is 18.1 Å². The molecule has 2 aromatic heterocycles. The summed E-state index contributed by atoms with van der Waals surface area (Å²) < 4.78 is 8.05. The van der Waals surface area contributed by atoms with E-state index in [1.54, 1.807) is 10.7 Å². The Morgan fingerprint density at radius 3 is 2.77 bits per heavy atom. The Labute approximate surface area is 201 Å². The fraction of sp³-hybridized carbons (Fsp3) is 0.179. The first-order valence-corrected chi connectivity index (χ1v) is 11.4. The van der Waals surface area contributed by atoms with Crippen LogP contribution < -0.4 is 10.7 Å². The second kappa shape index (κ2) is 9.19. The molecule has 1 unspecified atom stereocenters. The van der Waals surface area contributed by atoms with Crippen LogP contribution in [0.15, 0.2) is 76.1 Å². The average Bonchev–Trinajstić information content (AvgIpc) is 3.26. The van der Waals surface area contributed by atoms with Gasteiger partial charge in [0.1, 0.15) is 11.3 Å². The molecule has 0 fully saturated rings. The zero-order valence-electron chi connectivity index (χ0n) is 19.5. The van der Waals surface area contributed by atoms with Crippen LogP contribution in [0.25, 0.3) is 33.2 Å². The number of benzene rings is 3. The number of hydrogen-bond donors (Lipinski definition) is 2. The molecular formula is C28H25N3O4. The predicted octanol–water partition coefficient (Wildman–Crippen LogP) is 5.10. The van der Waals surface area contributed by atoms with Gasteiger partial charge in [-0.2, -0.15) is 5.10 Å². The monoisotopic (exact) mass is 467 g/mol. The molecule has 3 aromatic carbocycles. The lowest BCUT2D eigenvalue weighted by molar-refractivity contribution is 0.112. The van der Waals surface area contributed by atoms with Gasteiger partial charge in [0.25, 0.3) is 0 Å². The number of carbonyl (C=O) groups excluding carboxylic acids is 1. The molecule has 0 aliphatic carbocycles. The van der Waals surface area contributed by atoms with Gasteiger partial charge in [0.2, 0.25) is 0 Å². The summed E-state index contributed by atoms with van der Waals surface area (Å²) in [6.45, 7) is 4.34. The third-order valence-electron chi connectivity index (χ3n) is 6.09. The van der Waals surface area contributed by atoms with Crippen molar-refractivity contribution in [1.82, 2.24) is 9.78 Å². The van der Waals surface area contributed by atoms with Gasteiger partial charge in [-0.05, 0) is 55.8 Å². The van der Waals surface area contributed by atoms with E-state index in [4.69, 9.17) is 4.42 Å². The maximum atomic E-state index is 13.1. The molecule has 7 nitrogen and oxygen atoms in total. The van der Waals surface area contributed by atoms with Gasteiger partial charge >= 0.3 is 0 Å². The zero-order chi connectivity index (χ0) is 24.5. The van der Waals surface area contributed by atoms with Crippen molar-refractivity contribution in [2.45, 2.75) is 26.4 Å². The Morgan fingerprint density at radius 1 is 1.14 bits per heavy atom. The summed E-state index contributed by atoms with van der Waals surface area (Å²) in [5.74, 6) is 0.463. The first kappa shape index (κ1) is 22.6. The summed E-state index contributed by atoms with van der Waals surface area (Å²) in [6, 6.07) is 18.1. The second-order valence-corrected chi connectivity index (χ2v) is 8.67. The number of hydrogen-bond acceptors (Lipinski definition) is 6. The minimum atomic E-state index is -0.226. The number of aromatic nitrogens is 2. The van der Waals surface area contributed by atoms with Crippen molar-refractivity contribution >= 4 is 33.8 Å². The maximum absolute atomic E-state index is 13.1. The molecule has 5 aromatic rings. The highest BCUT2D eigenvalue weighted by Gasteiger charge is 2.17. The molecule has 2 heterocycles. The van der Waals surface area contributed by atoms with Crippen LogP contribution in [0.4, 0.5) is 5.69 Å². The molecule has 0 aliphatic heterocycles. The molecule has 1 atom stereocenters. The molecule has 0 amide bonds. The number of carbonyl (C=O) groups is 1. The average molecular weight is 468 g/mol. The van der Waals surface area contributed by atoms with E-state index in [9.17, 15) is 14.7 Å². The Hall–Kier alpha value is -4.23. The van der Waals surface area contributed by atoms with E-state index >= 15 is 0 Å². The molecule has 0 saturated carbocycles. The number of aldehydes is 1. The summed E-state index contributed by atoms with van der Waals surface area (Å²) >= 11 is 0. The summed E-state index contributed by atoms with van der Waals surface area (Å²) in [7, 11) is 0. The highest BCUT2D eigenvalue weighted by atomic mass is 16.3. The number of nitrogens with zero attached hydrogens (tertiary/aromatic N) is 2. The van der Waals surface area contributed by atoms with Gasteiger partial charge in [-0.1, -0.05) is 18.2 Å². The number of aryl methyl sites for hydroxylation is 1. The third-order valence-corrected chi connectivity index (χ3v) is 6.09. The second-order valence-electron chi connectivity index (χ2n) is 8.67. The number of fused-ring (bicyclic) bond motifs is 2. The molecule has 0 spiro atoms. The molecule has 5 rings (SSSR count). The van der Waals surface area contributed by atoms with Crippen LogP contribution >= 0.6 is 0 Å². The standard InChI is InChI=1S/C28H25N3O4/c1-17-11-22(18(2)29-24-6-4-3-5-20(24)16-33)28-23(12-17)26(34)14-27(35-28)19-7-8-25-21(13-19)15-31(30-25)9-10-32/h3-8,11-16,18,29,32H,9-10H2,1-2H3. The first-order valence-electron chi connectivity index (χ1n) is 11.4. The van der Waals surface area contributed by atoms with E-state index in [0.29, 0.717) is 34.5 Å². The van der Waals surface area contributed by atoms with E-state index in [1.807, 2.05) is 68.6 Å². The summed E-state index contributed by atoms with van der Waals surface area (Å²) in [6.07, 6.45) is 2.68. The number of rotatable bonds is 7. The van der Waals surface area contributed by atoms with Gasteiger partial charge in [0, 0.05) is 40.0 Å². The van der Waals surface area contributed by atoms with Crippen LogP contribution in [0, 0.1) is 6.92 Å². The largest absolute Gasteiger partial charge is 0.455 e. The van der Waals surface area contributed by atoms with Crippen LogP contribution in [0.5, 0.6) is 0 Å². The first-order chi connectivity index (χ1) is 17.0. The van der Waals surface area contributed by atoms with Crippen molar-refractivity contribution in [3.05, 3.63) is 93.8 Å². The van der Waals surface area contributed by atoms with E-state index < -0.39 is 0 Å². The fourth-order valence-corrected chi connectivity index (χ4v) is 4.39. The number of para-hydroxylation sites is 1. The van der Waals surface area contributed by atoms with Gasteiger partial charge in [0.15, 0.2) is 11.7 Å². The van der Waals surface area contributed by atoms with Gasteiger partial charge in [-0.3, -0.25) is 14.3 Å². The van der Waals surface area contributed by atoms with Gasteiger partial charge in [-0.25, -0.2) is 0 Å². The molecule has 0 aliphatic rings. The van der Waals surface area contributed by atoms with Crippen molar-refractivity contribution in [2.24, 2.45) is 0 Å². The van der Waals surface area contributed by atoms with Crippen LogP contribution in [-0.2, 0) is 6.54 Å². The van der Waals surface area contributed by atoms with E-state index in [1.165, 1.54) is 6.07 Å². The van der Waals surface area contributed by atoms with E-state index in [0.717, 1.165) is 33.9 Å². The van der Waals surface area contributed by atoms with Crippen molar-refractivity contribution in [2.75, 3.05) is 11.9 Å². The third kappa shape index (κ3) is 4.34. The van der Waals surface area contributed by atoms with Crippen molar-refractivity contribution in [3.63, 3.8) is 0 Å². The van der Waals surface area contributed by atoms with Crippen LogP contribution in [0.3, 0.4) is 0 Å². The maximum Gasteiger partial charge on any atom is 0.193 e. The number of anilines is 1. The lowest BCUT2D eigenvalue weighted by Crippen LogP contribution is -2.11. The van der Waals surface area contributed by atoms with E-state index in [2.05, 4.69) is 10.4 Å². The summed E-state index contributed by atoms with van der Waals surface area (Å²) in [4.78, 5) is 24.6. The van der Waals surface area contributed by atoms with Gasteiger partial charge < -0.3 is 14.8 Å².